The van der Waals surface area contributed by atoms with Crippen LogP contribution in [0.5, 0.6) is 0 Å². The molecule has 0 aliphatic rings. The molecule has 0 bridgehead atoms. The second-order valence-electron chi connectivity index (χ2n) is 4.15. The Bertz CT molecular complexity index is 725. The van der Waals surface area contributed by atoms with Crippen LogP contribution < -0.4 is 0 Å². The average Bonchev–Trinajstić information content (AvgIpc) is 2.81. The van der Waals surface area contributed by atoms with Gasteiger partial charge in [0.25, 0.3) is 0 Å². The number of benzene rings is 1. The fraction of sp³-hybridized carbons (Fsp3) is 0.308. The fourth-order valence-electron chi connectivity index (χ4n) is 1.94. The number of aromatic nitrogens is 4. The quantitative estimate of drug-likeness (QED) is 0.415. The first-order chi connectivity index (χ1) is 9.29. The molecule has 1 aromatic carbocycles. The number of aryl methyl sites for hydroxylation is 1. The van der Waals surface area contributed by atoms with E-state index in [4.69, 9.17) is 4.74 Å². The Hall–Kier alpha value is -1.66. The molecular weight excluding hydrogens is 260 g/mol. The maximum absolute atomic E-state index is 5.07. The number of fused-ring (bicyclic) bond motifs is 3. The van der Waals surface area contributed by atoms with Crippen LogP contribution in [-0.2, 0) is 4.74 Å². The highest BCUT2D eigenvalue weighted by Gasteiger charge is 2.11. The molecule has 0 amide bonds. The Morgan fingerprint density at radius 2 is 2.11 bits per heavy atom. The first kappa shape index (κ1) is 12.4. The van der Waals surface area contributed by atoms with Gasteiger partial charge in [0.1, 0.15) is 5.82 Å². The lowest BCUT2D eigenvalue weighted by molar-refractivity contribution is 0.218. The number of methoxy groups -OCH3 is 1. The van der Waals surface area contributed by atoms with Crippen molar-refractivity contribution in [3.63, 3.8) is 0 Å². The van der Waals surface area contributed by atoms with Crippen LogP contribution in [0.2, 0.25) is 0 Å². The Kier molecular flexibility index (Phi) is 3.35. The van der Waals surface area contributed by atoms with Crippen LogP contribution in [0.1, 0.15) is 5.82 Å². The minimum Gasteiger partial charge on any atom is -0.384 e. The van der Waals surface area contributed by atoms with Gasteiger partial charge in [0.15, 0.2) is 10.8 Å². The van der Waals surface area contributed by atoms with E-state index in [1.165, 1.54) is 0 Å². The van der Waals surface area contributed by atoms with Crippen LogP contribution >= 0.6 is 11.8 Å². The van der Waals surface area contributed by atoms with Crippen molar-refractivity contribution in [2.24, 2.45) is 0 Å². The molecule has 0 fully saturated rings. The zero-order chi connectivity index (χ0) is 13.2. The van der Waals surface area contributed by atoms with Crippen LogP contribution in [-0.4, -0.2) is 39.1 Å². The normalized spacial score (nSPS) is 11.5. The molecule has 98 valence electrons. The van der Waals surface area contributed by atoms with Crippen LogP contribution in [0.25, 0.3) is 16.6 Å². The molecule has 3 aromatic rings. The van der Waals surface area contributed by atoms with E-state index in [1.54, 1.807) is 18.9 Å². The summed E-state index contributed by atoms with van der Waals surface area (Å²) in [5.74, 6) is 1.60. The fourth-order valence-corrected chi connectivity index (χ4v) is 2.79. The van der Waals surface area contributed by atoms with E-state index >= 15 is 0 Å². The van der Waals surface area contributed by atoms with Gasteiger partial charge in [-0.2, -0.15) is 4.52 Å². The number of rotatable bonds is 4. The van der Waals surface area contributed by atoms with E-state index in [-0.39, 0.29) is 0 Å². The molecule has 0 saturated carbocycles. The van der Waals surface area contributed by atoms with E-state index in [0.717, 1.165) is 33.3 Å². The first-order valence-corrected chi connectivity index (χ1v) is 7.02. The molecular formula is C13H14N4OS. The van der Waals surface area contributed by atoms with Crippen molar-refractivity contribution in [3.8, 4) is 0 Å². The van der Waals surface area contributed by atoms with Crippen LogP contribution in [0.4, 0.5) is 0 Å². The maximum Gasteiger partial charge on any atom is 0.191 e. The molecule has 0 saturated heterocycles. The smallest absolute Gasteiger partial charge is 0.191 e. The van der Waals surface area contributed by atoms with Gasteiger partial charge in [-0.05, 0) is 19.1 Å². The number of ether oxygens (including phenoxy) is 1. The third kappa shape index (κ3) is 2.29. The van der Waals surface area contributed by atoms with Crippen molar-refractivity contribution in [1.29, 1.82) is 0 Å². The highest BCUT2D eigenvalue weighted by Crippen LogP contribution is 2.23. The predicted molar refractivity (Wildman–Crippen MR) is 75.6 cm³/mol. The van der Waals surface area contributed by atoms with Crippen molar-refractivity contribution < 1.29 is 4.74 Å². The van der Waals surface area contributed by atoms with Gasteiger partial charge in [0, 0.05) is 18.2 Å². The lowest BCUT2D eigenvalue weighted by atomic mass is 10.2. The summed E-state index contributed by atoms with van der Waals surface area (Å²) in [7, 11) is 1.70. The van der Waals surface area contributed by atoms with Gasteiger partial charge < -0.3 is 4.74 Å². The lowest BCUT2D eigenvalue weighted by Crippen LogP contribution is -2.00. The number of hydrogen-bond donors (Lipinski definition) is 0. The molecule has 6 heteroatoms. The van der Waals surface area contributed by atoms with Crippen molar-refractivity contribution in [2.75, 3.05) is 19.5 Å². The van der Waals surface area contributed by atoms with Gasteiger partial charge in [-0.25, -0.2) is 9.97 Å². The molecule has 0 unspecified atom stereocenters. The molecule has 0 N–H and O–H groups in total. The average molecular weight is 274 g/mol. The zero-order valence-corrected chi connectivity index (χ0v) is 11.6. The molecule has 5 nitrogen and oxygen atoms in total. The first-order valence-electron chi connectivity index (χ1n) is 6.03. The van der Waals surface area contributed by atoms with Crippen LogP contribution in [0.15, 0.2) is 29.4 Å². The molecule has 0 radical (unpaired) electrons. The highest BCUT2D eigenvalue weighted by molar-refractivity contribution is 7.99. The number of nitrogens with zero attached hydrogens (tertiary/aromatic N) is 4. The monoisotopic (exact) mass is 274 g/mol. The molecule has 19 heavy (non-hydrogen) atoms. The second-order valence-corrected chi connectivity index (χ2v) is 5.21. The van der Waals surface area contributed by atoms with E-state index < -0.39 is 0 Å². The van der Waals surface area contributed by atoms with Crippen molar-refractivity contribution in [2.45, 2.75) is 12.1 Å². The molecule has 0 atom stereocenters. The summed E-state index contributed by atoms with van der Waals surface area (Å²) >= 11 is 1.63. The summed E-state index contributed by atoms with van der Waals surface area (Å²) < 4.78 is 6.89. The van der Waals surface area contributed by atoms with E-state index in [0.29, 0.717) is 6.61 Å². The minimum absolute atomic E-state index is 0.689. The highest BCUT2D eigenvalue weighted by atomic mass is 32.2. The summed E-state index contributed by atoms with van der Waals surface area (Å²) in [5, 5.41) is 6.30. The largest absolute Gasteiger partial charge is 0.384 e. The van der Waals surface area contributed by atoms with Gasteiger partial charge in [-0.3, -0.25) is 0 Å². The molecule has 3 rings (SSSR count). The third-order valence-electron chi connectivity index (χ3n) is 2.77. The summed E-state index contributed by atoms with van der Waals surface area (Å²) in [5.41, 5.74) is 1.81. The Morgan fingerprint density at radius 1 is 1.26 bits per heavy atom. The van der Waals surface area contributed by atoms with E-state index in [9.17, 15) is 0 Å². The van der Waals surface area contributed by atoms with Gasteiger partial charge >= 0.3 is 0 Å². The Labute approximate surface area is 115 Å². The summed E-state index contributed by atoms with van der Waals surface area (Å²) in [6.07, 6.45) is 0. The van der Waals surface area contributed by atoms with Gasteiger partial charge in [-0.1, -0.05) is 23.9 Å². The van der Waals surface area contributed by atoms with Crippen molar-refractivity contribution in [3.05, 3.63) is 30.1 Å². The van der Waals surface area contributed by atoms with Gasteiger partial charge in [0.2, 0.25) is 0 Å². The predicted octanol–water partition coefficient (Wildman–Crippen LogP) is 2.32. The SMILES string of the molecule is COCCSc1nc2ccccc2c2nc(C)nn12. The van der Waals surface area contributed by atoms with Crippen LogP contribution in [0.3, 0.4) is 0 Å². The zero-order valence-electron chi connectivity index (χ0n) is 10.8. The van der Waals surface area contributed by atoms with E-state index in [1.807, 2.05) is 35.7 Å². The van der Waals surface area contributed by atoms with Gasteiger partial charge in [0.05, 0.1) is 12.1 Å². The molecule has 2 aromatic heterocycles. The second kappa shape index (κ2) is 5.14. The lowest BCUT2D eigenvalue weighted by Gasteiger charge is -2.05. The van der Waals surface area contributed by atoms with E-state index in [2.05, 4.69) is 15.1 Å². The standard InChI is InChI=1S/C13H14N4OS/c1-9-14-12-10-5-3-4-6-11(10)15-13(17(12)16-9)19-8-7-18-2/h3-6H,7-8H2,1-2H3. The van der Waals surface area contributed by atoms with Crippen molar-refractivity contribution in [1.82, 2.24) is 19.6 Å². The summed E-state index contributed by atoms with van der Waals surface area (Å²) in [6.45, 7) is 2.58. The third-order valence-corrected chi connectivity index (χ3v) is 3.67. The number of para-hydroxylation sites is 1. The Balaban J connectivity index is 2.17. The topological polar surface area (TPSA) is 52.3 Å². The summed E-state index contributed by atoms with van der Waals surface area (Å²) in [4.78, 5) is 9.15. The summed E-state index contributed by atoms with van der Waals surface area (Å²) in [6, 6.07) is 8.00. The maximum atomic E-state index is 5.07. The molecule has 0 spiro atoms. The van der Waals surface area contributed by atoms with Gasteiger partial charge in [-0.15, -0.1) is 5.10 Å². The Morgan fingerprint density at radius 3 is 2.95 bits per heavy atom. The molecule has 0 aliphatic heterocycles. The van der Waals surface area contributed by atoms with Crippen LogP contribution in [0, 0.1) is 6.92 Å². The molecule has 0 aliphatic carbocycles. The number of hydrogen-bond acceptors (Lipinski definition) is 5. The minimum atomic E-state index is 0.689. The number of thioether (sulfide) groups is 1. The molecule has 2 heterocycles. The van der Waals surface area contributed by atoms with Crippen molar-refractivity contribution >= 4 is 28.3 Å².